The lowest BCUT2D eigenvalue weighted by Crippen LogP contribution is -2.21. The lowest BCUT2D eigenvalue weighted by atomic mass is 10.0. The number of hydrogen-bond acceptors (Lipinski definition) is 2. The summed E-state index contributed by atoms with van der Waals surface area (Å²) in [6.07, 6.45) is 1.07. The molecule has 24 heavy (non-hydrogen) atoms. The highest BCUT2D eigenvalue weighted by atomic mass is 127. The van der Waals surface area contributed by atoms with Crippen molar-refractivity contribution in [1.82, 2.24) is 5.32 Å². The summed E-state index contributed by atoms with van der Waals surface area (Å²) >= 11 is 2.21. The van der Waals surface area contributed by atoms with Gasteiger partial charge in [-0.25, -0.2) is 4.39 Å². The summed E-state index contributed by atoms with van der Waals surface area (Å²) in [6.45, 7) is 4.18. The fraction of sp³-hybridized carbons (Fsp3) is 0.316. The van der Waals surface area contributed by atoms with E-state index in [-0.39, 0.29) is 30.5 Å². The molecule has 1 N–H and O–H groups in total. The average Bonchev–Trinajstić information content (AvgIpc) is 2.56. The van der Waals surface area contributed by atoms with Gasteiger partial charge in [-0.1, -0.05) is 19.1 Å². The van der Waals surface area contributed by atoms with Gasteiger partial charge in [-0.05, 0) is 70.8 Å². The number of likely N-dealkylation sites (N-methyl/N-ethyl adjacent to an activating group) is 1. The summed E-state index contributed by atoms with van der Waals surface area (Å²) < 4.78 is 20.9. The van der Waals surface area contributed by atoms with Crippen molar-refractivity contribution in [2.75, 3.05) is 7.05 Å². The highest BCUT2D eigenvalue weighted by molar-refractivity contribution is 14.1. The smallest absolute Gasteiger partial charge is 0.224 e. The minimum atomic E-state index is -0.351. The SMILES string of the molecule is CCc1cc(F)c(OCc2c(I)cccc2CC(=O)NC)cc1C. The lowest BCUT2D eigenvalue weighted by molar-refractivity contribution is -0.119. The number of hydrogen-bond donors (Lipinski definition) is 1. The number of carbonyl (C=O) groups is 1. The van der Waals surface area contributed by atoms with Crippen molar-refractivity contribution in [3.63, 3.8) is 0 Å². The van der Waals surface area contributed by atoms with E-state index >= 15 is 0 Å². The average molecular weight is 441 g/mol. The number of amides is 1. The molecule has 2 rings (SSSR count). The van der Waals surface area contributed by atoms with E-state index in [0.717, 1.165) is 32.2 Å². The summed E-state index contributed by atoms with van der Waals surface area (Å²) in [6, 6.07) is 9.03. The molecule has 0 unspecified atom stereocenters. The van der Waals surface area contributed by atoms with Crippen LogP contribution in [0.5, 0.6) is 5.75 Å². The third kappa shape index (κ3) is 4.47. The van der Waals surface area contributed by atoms with Gasteiger partial charge in [0.15, 0.2) is 11.6 Å². The van der Waals surface area contributed by atoms with E-state index in [1.54, 1.807) is 13.1 Å². The number of ether oxygens (including phenoxy) is 1. The van der Waals surface area contributed by atoms with Gasteiger partial charge in [-0.15, -0.1) is 0 Å². The molecule has 0 fully saturated rings. The Labute approximate surface area is 155 Å². The van der Waals surface area contributed by atoms with Gasteiger partial charge in [0.25, 0.3) is 0 Å². The minimum Gasteiger partial charge on any atom is -0.486 e. The first kappa shape index (κ1) is 18.7. The van der Waals surface area contributed by atoms with Gasteiger partial charge in [0.1, 0.15) is 6.61 Å². The van der Waals surface area contributed by atoms with E-state index in [2.05, 4.69) is 27.9 Å². The molecule has 0 saturated heterocycles. The molecule has 0 bridgehead atoms. The standard InChI is InChI=1S/C19H21FINO2/c1-4-13-9-16(20)18(8-12(13)2)24-11-15-14(10-19(23)22-3)6-5-7-17(15)21/h5-9H,4,10-11H2,1-3H3,(H,22,23). The van der Waals surface area contributed by atoms with E-state index in [4.69, 9.17) is 4.74 Å². The summed E-state index contributed by atoms with van der Waals surface area (Å²) in [5.41, 5.74) is 3.80. The quantitative estimate of drug-likeness (QED) is 0.684. The second-order valence-electron chi connectivity index (χ2n) is 5.58. The number of benzene rings is 2. The van der Waals surface area contributed by atoms with Crippen LogP contribution >= 0.6 is 22.6 Å². The Morgan fingerprint density at radius 2 is 2.04 bits per heavy atom. The second kappa shape index (κ2) is 8.46. The van der Waals surface area contributed by atoms with Gasteiger partial charge in [0.05, 0.1) is 6.42 Å². The Morgan fingerprint density at radius 1 is 1.29 bits per heavy atom. The van der Waals surface area contributed by atoms with E-state index in [9.17, 15) is 9.18 Å². The largest absolute Gasteiger partial charge is 0.486 e. The second-order valence-corrected chi connectivity index (χ2v) is 6.74. The molecule has 3 nitrogen and oxygen atoms in total. The molecule has 128 valence electrons. The van der Waals surface area contributed by atoms with E-state index in [1.807, 2.05) is 32.0 Å². The molecule has 2 aromatic rings. The highest BCUT2D eigenvalue weighted by Gasteiger charge is 2.13. The maximum Gasteiger partial charge on any atom is 0.224 e. The minimum absolute atomic E-state index is 0.0624. The predicted molar refractivity (Wildman–Crippen MR) is 102 cm³/mol. The van der Waals surface area contributed by atoms with Crippen molar-refractivity contribution in [2.24, 2.45) is 0 Å². The first-order chi connectivity index (χ1) is 11.5. The Morgan fingerprint density at radius 3 is 2.71 bits per heavy atom. The number of rotatable bonds is 6. The summed E-state index contributed by atoms with van der Waals surface area (Å²) in [4.78, 5) is 11.7. The molecule has 0 aliphatic heterocycles. The van der Waals surface area contributed by atoms with Crippen molar-refractivity contribution in [1.29, 1.82) is 0 Å². The Kier molecular flexibility index (Phi) is 6.60. The van der Waals surface area contributed by atoms with E-state index in [0.29, 0.717) is 0 Å². The lowest BCUT2D eigenvalue weighted by Gasteiger charge is -2.14. The van der Waals surface area contributed by atoms with Gasteiger partial charge in [0, 0.05) is 16.2 Å². The van der Waals surface area contributed by atoms with Gasteiger partial charge in [0.2, 0.25) is 5.91 Å². The van der Waals surface area contributed by atoms with Gasteiger partial charge >= 0.3 is 0 Å². The van der Waals surface area contributed by atoms with Crippen LogP contribution in [0, 0.1) is 16.3 Å². The van der Waals surface area contributed by atoms with Crippen molar-refractivity contribution in [3.05, 3.63) is 62.0 Å². The number of nitrogens with one attached hydrogen (secondary N) is 1. The molecular formula is C19H21FINO2. The molecule has 5 heteroatoms. The molecule has 0 heterocycles. The zero-order valence-corrected chi connectivity index (χ0v) is 16.2. The molecule has 0 saturated carbocycles. The van der Waals surface area contributed by atoms with Crippen LogP contribution in [0.2, 0.25) is 0 Å². The third-order valence-electron chi connectivity index (χ3n) is 3.99. The molecule has 0 spiro atoms. The van der Waals surface area contributed by atoms with Crippen LogP contribution in [0.4, 0.5) is 4.39 Å². The first-order valence-corrected chi connectivity index (χ1v) is 8.92. The molecule has 1 amide bonds. The first-order valence-electron chi connectivity index (χ1n) is 7.84. The number of halogens is 2. The van der Waals surface area contributed by atoms with Crippen LogP contribution < -0.4 is 10.1 Å². The fourth-order valence-corrected chi connectivity index (χ4v) is 3.24. The molecule has 0 aliphatic carbocycles. The van der Waals surface area contributed by atoms with Crippen LogP contribution in [0.3, 0.4) is 0 Å². The summed E-state index contributed by atoms with van der Waals surface area (Å²) in [7, 11) is 1.61. The Balaban J connectivity index is 2.23. The van der Waals surface area contributed by atoms with Crippen LogP contribution in [0.25, 0.3) is 0 Å². The van der Waals surface area contributed by atoms with E-state index in [1.165, 1.54) is 6.07 Å². The molecule has 0 radical (unpaired) electrons. The zero-order chi connectivity index (χ0) is 17.7. The Hall–Kier alpha value is -1.63. The Bertz CT molecular complexity index is 746. The molecular weight excluding hydrogens is 420 g/mol. The molecule has 0 atom stereocenters. The monoisotopic (exact) mass is 441 g/mol. The van der Waals surface area contributed by atoms with Crippen molar-refractivity contribution >= 4 is 28.5 Å². The topological polar surface area (TPSA) is 38.3 Å². The third-order valence-corrected chi connectivity index (χ3v) is 5.00. The summed E-state index contributed by atoms with van der Waals surface area (Å²) in [5, 5.41) is 2.62. The van der Waals surface area contributed by atoms with Gasteiger partial charge < -0.3 is 10.1 Å². The van der Waals surface area contributed by atoms with Gasteiger partial charge in [-0.3, -0.25) is 4.79 Å². The van der Waals surface area contributed by atoms with Crippen molar-refractivity contribution < 1.29 is 13.9 Å². The maximum absolute atomic E-state index is 14.2. The van der Waals surface area contributed by atoms with Crippen LogP contribution in [-0.2, 0) is 24.2 Å². The fourth-order valence-electron chi connectivity index (χ4n) is 2.53. The summed E-state index contributed by atoms with van der Waals surface area (Å²) in [5.74, 6) is -0.168. The molecule has 2 aromatic carbocycles. The van der Waals surface area contributed by atoms with Crippen LogP contribution in [0.15, 0.2) is 30.3 Å². The van der Waals surface area contributed by atoms with Crippen molar-refractivity contribution in [3.8, 4) is 5.75 Å². The van der Waals surface area contributed by atoms with Crippen molar-refractivity contribution in [2.45, 2.75) is 33.3 Å². The molecule has 0 aliphatic rings. The zero-order valence-electron chi connectivity index (χ0n) is 14.1. The van der Waals surface area contributed by atoms with Crippen LogP contribution in [0.1, 0.15) is 29.2 Å². The maximum atomic E-state index is 14.2. The van der Waals surface area contributed by atoms with Gasteiger partial charge in [-0.2, -0.15) is 0 Å². The van der Waals surface area contributed by atoms with E-state index < -0.39 is 0 Å². The number of carbonyl (C=O) groups excluding carboxylic acids is 1. The highest BCUT2D eigenvalue weighted by Crippen LogP contribution is 2.25. The number of aryl methyl sites for hydroxylation is 2. The predicted octanol–water partition coefficient (Wildman–Crippen LogP) is 4.17. The van der Waals surface area contributed by atoms with Crippen LogP contribution in [-0.4, -0.2) is 13.0 Å². The normalized spacial score (nSPS) is 10.5. The molecule has 0 aromatic heterocycles.